The molecular formula is C27H28N4O4S2. The Hall–Kier alpha value is -3.76. The lowest BCUT2D eigenvalue weighted by atomic mass is 10.2. The Labute approximate surface area is 221 Å². The SMILES string of the molecule is CCOc1ccc(N(CC(=O)NCc2ccc(-n3ccnc3)cc2)S(=O)(=O)c2ccc(SC)cc2)cc1. The van der Waals surface area contributed by atoms with Crippen LogP contribution < -0.4 is 14.4 Å². The van der Waals surface area contributed by atoms with E-state index in [-0.39, 0.29) is 18.0 Å². The van der Waals surface area contributed by atoms with Gasteiger partial charge >= 0.3 is 0 Å². The number of nitrogens with zero attached hydrogens (tertiary/aromatic N) is 3. The number of carbonyl (C=O) groups excluding carboxylic acids is 1. The Balaban J connectivity index is 1.51. The van der Waals surface area contributed by atoms with Crippen LogP contribution in [0.2, 0.25) is 0 Å². The number of anilines is 1. The van der Waals surface area contributed by atoms with Crippen molar-refractivity contribution in [2.75, 3.05) is 23.7 Å². The predicted octanol–water partition coefficient (Wildman–Crippen LogP) is 4.50. The van der Waals surface area contributed by atoms with E-state index < -0.39 is 15.9 Å². The Morgan fingerprint density at radius 3 is 2.32 bits per heavy atom. The summed E-state index contributed by atoms with van der Waals surface area (Å²) in [5.74, 6) is 0.202. The van der Waals surface area contributed by atoms with Gasteiger partial charge in [-0.1, -0.05) is 12.1 Å². The van der Waals surface area contributed by atoms with Gasteiger partial charge in [0.1, 0.15) is 12.3 Å². The summed E-state index contributed by atoms with van der Waals surface area (Å²) in [5, 5.41) is 2.83. The lowest BCUT2D eigenvalue weighted by Crippen LogP contribution is -2.40. The van der Waals surface area contributed by atoms with E-state index >= 15 is 0 Å². The molecule has 0 bridgehead atoms. The first kappa shape index (κ1) is 26.3. The number of ether oxygens (including phenoxy) is 1. The van der Waals surface area contributed by atoms with Crippen LogP contribution in [0.3, 0.4) is 0 Å². The van der Waals surface area contributed by atoms with Gasteiger partial charge in [0, 0.05) is 29.5 Å². The van der Waals surface area contributed by atoms with Gasteiger partial charge in [-0.15, -0.1) is 11.8 Å². The van der Waals surface area contributed by atoms with Crippen LogP contribution in [-0.4, -0.2) is 43.3 Å². The van der Waals surface area contributed by atoms with Crippen LogP contribution in [0.5, 0.6) is 5.75 Å². The predicted molar refractivity (Wildman–Crippen MR) is 146 cm³/mol. The summed E-state index contributed by atoms with van der Waals surface area (Å²) in [7, 11) is -4.00. The summed E-state index contributed by atoms with van der Waals surface area (Å²) < 4.78 is 35.7. The van der Waals surface area contributed by atoms with Gasteiger partial charge in [-0.3, -0.25) is 9.10 Å². The van der Waals surface area contributed by atoms with Crippen LogP contribution in [0.4, 0.5) is 5.69 Å². The monoisotopic (exact) mass is 536 g/mol. The van der Waals surface area contributed by atoms with Crippen LogP contribution in [0.15, 0.2) is 101 Å². The molecule has 0 aliphatic heterocycles. The van der Waals surface area contributed by atoms with Gasteiger partial charge in [-0.2, -0.15) is 0 Å². The molecule has 0 atom stereocenters. The Bertz CT molecular complexity index is 1410. The second kappa shape index (κ2) is 12.0. The van der Waals surface area contributed by atoms with Crippen LogP contribution in [0.25, 0.3) is 5.69 Å². The number of sulfonamides is 1. The van der Waals surface area contributed by atoms with E-state index in [1.807, 2.05) is 48.2 Å². The summed E-state index contributed by atoms with van der Waals surface area (Å²) in [4.78, 5) is 18.0. The minimum absolute atomic E-state index is 0.113. The number of carbonyl (C=O) groups is 1. The molecule has 1 N–H and O–H groups in total. The topological polar surface area (TPSA) is 93.5 Å². The summed E-state index contributed by atoms with van der Waals surface area (Å²) in [6.07, 6.45) is 7.18. The van der Waals surface area contributed by atoms with E-state index in [9.17, 15) is 13.2 Å². The average molecular weight is 537 g/mol. The van der Waals surface area contributed by atoms with Crippen molar-refractivity contribution in [1.82, 2.24) is 14.9 Å². The van der Waals surface area contributed by atoms with E-state index in [1.165, 1.54) is 11.8 Å². The maximum atomic E-state index is 13.6. The number of rotatable bonds is 11. The molecule has 0 fully saturated rings. The highest BCUT2D eigenvalue weighted by Gasteiger charge is 2.27. The second-order valence-corrected chi connectivity index (χ2v) is 10.8. The molecule has 4 aromatic rings. The van der Waals surface area contributed by atoms with Gasteiger partial charge in [-0.25, -0.2) is 13.4 Å². The highest BCUT2D eigenvalue weighted by Crippen LogP contribution is 2.27. The molecule has 0 saturated heterocycles. The summed E-state index contributed by atoms with van der Waals surface area (Å²) in [6.45, 7) is 2.27. The van der Waals surface area contributed by atoms with Gasteiger partial charge in [0.05, 0.1) is 23.5 Å². The van der Waals surface area contributed by atoms with E-state index in [4.69, 9.17) is 4.74 Å². The van der Waals surface area contributed by atoms with Crippen molar-refractivity contribution in [3.8, 4) is 11.4 Å². The first-order valence-electron chi connectivity index (χ1n) is 11.6. The van der Waals surface area contributed by atoms with Crippen LogP contribution in [0.1, 0.15) is 12.5 Å². The molecule has 37 heavy (non-hydrogen) atoms. The number of amides is 1. The molecule has 1 aromatic heterocycles. The number of thioether (sulfide) groups is 1. The molecule has 10 heteroatoms. The van der Waals surface area contributed by atoms with Crippen molar-refractivity contribution in [3.05, 3.63) is 97.1 Å². The second-order valence-electron chi connectivity index (χ2n) is 8.03. The zero-order chi connectivity index (χ0) is 26.3. The van der Waals surface area contributed by atoms with Gasteiger partial charge in [-0.05, 0) is 79.4 Å². The van der Waals surface area contributed by atoms with Crippen molar-refractivity contribution in [2.45, 2.75) is 23.3 Å². The molecule has 4 rings (SSSR count). The Morgan fingerprint density at radius 2 is 1.73 bits per heavy atom. The number of aromatic nitrogens is 2. The lowest BCUT2D eigenvalue weighted by molar-refractivity contribution is -0.119. The van der Waals surface area contributed by atoms with Gasteiger partial charge in [0.25, 0.3) is 10.0 Å². The molecular weight excluding hydrogens is 508 g/mol. The average Bonchev–Trinajstić information content (AvgIpc) is 3.47. The van der Waals surface area contributed by atoms with E-state index in [1.54, 1.807) is 61.1 Å². The molecule has 3 aromatic carbocycles. The summed E-state index contributed by atoms with van der Waals surface area (Å²) in [5.41, 5.74) is 2.21. The zero-order valence-electron chi connectivity index (χ0n) is 20.6. The Kier molecular flexibility index (Phi) is 8.52. The van der Waals surface area contributed by atoms with Crippen molar-refractivity contribution in [3.63, 3.8) is 0 Å². The third-order valence-electron chi connectivity index (χ3n) is 5.60. The highest BCUT2D eigenvalue weighted by atomic mass is 32.2. The van der Waals surface area contributed by atoms with Crippen molar-refractivity contribution < 1.29 is 17.9 Å². The zero-order valence-corrected chi connectivity index (χ0v) is 22.2. The highest BCUT2D eigenvalue weighted by molar-refractivity contribution is 7.98. The van der Waals surface area contributed by atoms with E-state index in [0.29, 0.717) is 18.0 Å². The number of hydrogen-bond acceptors (Lipinski definition) is 6. The van der Waals surface area contributed by atoms with Crippen LogP contribution in [-0.2, 0) is 21.4 Å². The molecule has 0 aliphatic rings. The Morgan fingerprint density at radius 1 is 1.03 bits per heavy atom. The molecule has 0 spiro atoms. The largest absolute Gasteiger partial charge is 0.494 e. The van der Waals surface area contributed by atoms with Crippen molar-refractivity contribution in [1.29, 1.82) is 0 Å². The first-order valence-corrected chi connectivity index (χ1v) is 14.3. The fourth-order valence-corrected chi connectivity index (χ4v) is 5.48. The molecule has 0 aliphatic carbocycles. The third kappa shape index (κ3) is 6.52. The fraction of sp³-hybridized carbons (Fsp3) is 0.185. The van der Waals surface area contributed by atoms with Crippen molar-refractivity contribution in [2.24, 2.45) is 0 Å². The number of nitrogens with one attached hydrogen (secondary N) is 1. The van der Waals surface area contributed by atoms with Gasteiger partial charge < -0.3 is 14.6 Å². The maximum absolute atomic E-state index is 13.6. The number of imidazole rings is 1. The number of hydrogen-bond donors (Lipinski definition) is 1. The summed E-state index contributed by atoms with van der Waals surface area (Å²) in [6, 6.07) is 21.0. The molecule has 8 nitrogen and oxygen atoms in total. The maximum Gasteiger partial charge on any atom is 0.264 e. The molecule has 0 radical (unpaired) electrons. The van der Waals surface area contributed by atoms with Gasteiger partial charge in [0.15, 0.2) is 0 Å². The lowest BCUT2D eigenvalue weighted by Gasteiger charge is -2.24. The van der Waals surface area contributed by atoms with E-state index in [2.05, 4.69) is 10.3 Å². The van der Waals surface area contributed by atoms with Gasteiger partial charge in [0.2, 0.25) is 5.91 Å². The molecule has 192 valence electrons. The number of benzene rings is 3. The van der Waals surface area contributed by atoms with Crippen LogP contribution in [0, 0.1) is 0 Å². The summed E-state index contributed by atoms with van der Waals surface area (Å²) >= 11 is 1.52. The minimum Gasteiger partial charge on any atom is -0.494 e. The van der Waals surface area contributed by atoms with Crippen molar-refractivity contribution >= 4 is 33.4 Å². The molecule has 0 unspecified atom stereocenters. The normalized spacial score (nSPS) is 11.2. The first-order chi connectivity index (χ1) is 17.9. The van der Waals surface area contributed by atoms with E-state index in [0.717, 1.165) is 20.5 Å². The smallest absolute Gasteiger partial charge is 0.264 e. The molecule has 1 heterocycles. The fourth-order valence-electron chi connectivity index (χ4n) is 3.65. The standard InChI is InChI=1S/C27H28N4O4S2/c1-3-35-24-10-8-23(9-11-24)31(37(33,34)26-14-12-25(36-2)13-15-26)19-27(32)29-18-21-4-6-22(7-5-21)30-17-16-28-20-30/h4-17,20H,3,18-19H2,1-2H3,(H,29,32). The quantitative estimate of drug-likeness (QED) is 0.284. The minimum atomic E-state index is -4.00. The van der Waals surface area contributed by atoms with Crippen LogP contribution >= 0.6 is 11.8 Å². The third-order valence-corrected chi connectivity index (χ3v) is 8.13. The molecule has 0 saturated carbocycles. The molecule has 1 amide bonds.